The van der Waals surface area contributed by atoms with Gasteiger partial charge in [-0.3, -0.25) is 4.98 Å². The molecule has 4 heterocycles. The SMILES string of the molecule is COc1ccccc1C(C)Nc1cc(-c2nc(N3CCNCC3)c3c(C4CC4)cncc3n2)ccn1. The second kappa shape index (κ2) is 9.70. The Morgan fingerprint density at radius 1 is 1.08 bits per heavy atom. The molecule has 2 aliphatic rings. The molecule has 3 aromatic heterocycles. The highest BCUT2D eigenvalue weighted by atomic mass is 16.5. The van der Waals surface area contributed by atoms with E-state index in [0.29, 0.717) is 11.7 Å². The van der Waals surface area contributed by atoms with Gasteiger partial charge in [-0.2, -0.15) is 0 Å². The van der Waals surface area contributed by atoms with Crippen LogP contribution in [0, 0.1) is 0 Å². The number of rotatable bonds is 7. The Labute approximate surface area is 211 Å². The topological polar surface area (TPSA) is 88.1 Å². The molecular weight excluding hydrogens is 450 g/mol. The number of nitrogens with one attached hydrogen (secondary N) is 2. The summed E-state index contributed by atoms with van der Waals surface area (Å²) in [5.74, 6) is 3.91. The van der Waals surface area contributed by atoms with Gasteiger partial charge in [-0.25, -0.2) is 15.0 Å². The van der Waals surface area contributed by atoms with Gasteiger partial charge in [0.15, 0.2) is 5.82 Å². The average molecular weight is 482 g/mol. The molecule has 0 radical (unpaired) electrons. The van der Waals surface area contributed by atoms with E-state index in [1.54, 1.807) is 7.11 Å². The van der Waals surface area contributed by atoms with Crippen molar-refractivity contribution in [1.82, 2.24) is 25.3 Å². The zero-order chi connectivity index (χ0) is 24.5. The summed E-state index contributed by atoms with van der Waals surface area (Å²) in [6.07, 6.45) is 8.13. The molecular formula is C28H31N7O. The van der Waals surface area contributed by atoms with Crippen LogP contribution in [-0.4, -0.2) is 53.2 Å². The van der Waals surface area contributed by atoms with E-state index < -0.39 is 0 Å². The lowest BCUT2D eigenvalue weighted by Crippen LogP contribution is -2.44. The second-order valence-corrected chi connectivity index (χ2v) is 9.54. The Balaban J connectivity index is 1.38. The van der Waals surface area contributed by atoms with Crippen molar-refractivity contribution in [3.8, 4) is 17.1 Å². The van der Waals surface area contributed by atoms with E-state index >= 15 is 0 Å². The number of methoxy groups -OCH3 is 1. The van der Waals surface area contributed by atoms with E-state index in [0.717, 1.165) is 65.6 Å². The number of piperazine rings is 1. The summed E-state index contributed by atoms with van der Waals surface area (Å²) in [5.41, 5.74) is 4.20. The monoisotopic (exact) mass is 481 g/mol. The molecule has 8 nitrogen and oxygen atoms in total. The van der Waals surface area contributed by atoms with Crippen LogP contribution in [0.15, 0.2) is 55.0 Å². The maximum absolute atomic E-state index is 5.54. The maximum atomic E-state index is 5.54. The Kier molecular flexibility index (Phi) is 6.11. The molecule has 0 bridgehead atoms. The van der Waals surface area contributed by atoms with Gasteiger partial charge < -0.3 is 20.3 Å². The van der Waals surface area contributed by atoms with Gasteiger partial charge in [0.05, 0.1) is 24.9 Å². The van der Waals surface area contributed by atoms with Crippen LogP contribution in [0.3, 0.4) is 0 Å². The van der Waals surface area contributed by atoms with Gasteiger partial charge >= 0.3 is 0 Å². The van der Waals surface area contributed by atoms with Crippen molar-refractivity contribution in [2.24, 2.45) is 0 Å². The first-order valence-electron chi connectivity index (χ1n) is 12.7. The molecule has 6 rings (SSSR count). The minimum atomic E-state index is 0.0168. The molecule has 4 aromatic rings. The molecule has 2 fully saturated rings. The molecule has 1 aromatic carbocycles. The van der Waals surface area contributed by atoms with Gasteiger partial charge in [0.1, 0.15) is 17.4 Å². The van der Waals surface area contributed by atoms with Gasteiger partial charge in [-0.1, -0.05) is 18.2 Å². The Morgan fingerprint density at radius 2 is 1.92 bits per heavy atom. The van der Waals surface area contributed by atoms with E-state index in [9.17, 15) is 0 Å². The number of hydrogen-bond acceptors (Lipinski definition) is 8. The van der Waals surface area contributed by atoms with Crippen LogP contribution >= 0.6 is 0 Å². The van der Waals surface area contributed by atoms with E-state index in [1.165, 1.54) is 18.4 Å². The number of benzene rings is 1. The highest BCUT2D eigenvalue weighted by Crippen LogP contribution is 2.44. The molecule has 0 spiro atoms. The lowest BCUT2D eigenvalue weighted by molar-refractivity contribution is 0.408. The fourth-order valence-corrected chi connectivity index (χ4v) is 5.00. The molecule has 1 unspecified atom stereocenters. The van der Waals surface area contributed by atoms with Crippen molar-refractivity contribution in [1.29, 1.82) is 0 Å². The summed E-state index contributed by atoms with van der Waals surface area (Å²) in [5, 5.41) is 8.13. The van der Waals surface area contributed by atoms with E-state index in [-0.39, 0.29) is 6.04 Å². The summed E-state index contributed by atoms with van der Waals surface area (Å²) >= 11 is 0. The standard InChI is InChI=1S/C28H31N7O/c1-18(21-5-3-4-6-24(21)36-2)32-25-15-20(9-10-31-25)27-33-23-17-30-16-22(19-7-8-19)26(23)28(34-27)35-13-11-29-12-14-35/h3-6,9-10,15-19,29H,7-8,11-14H2,1-2H3,(H,31,32). The van der Waals surface area contributed by atoms with Crippen LogP contribution in [0.1, 0.15) is 42.9 Å². The van der Waals surface area contributed by atoms with Gasteiger partial charge in [0.2, 0.25) is 0 Å². The third-order valence-electron chi connectivity index (χ3n) is 7.04. The number of fused-ring (bicyclic) bond motifs is 1. The minimum absolute atomic E-state index is 0.0168. The number of para-hydroxylation sites is 1. The summed E-state index contributed by atoms with van der Waals surface area (Å²) in [7, 11) is 1.70. The normalized spacial score (nSPS) is 16.7. The third-order valence-corrected chi connectivity index (χ3v) is 7.04. The first kappa shape index (κ1) is 22.7. The minimum Gasteiger partial charge on any atom is -0.496 e. The molecule has 1 aliphatic heterocycles. The van der Waals surface area contributed by atoms with Crippen molar-refractivity contribution in [2.75, 3.05) is 43.5 Å². The molecule has 0 amide bonds. The van der Waals surface area contributed by atoms with Gasteiger partial charge in [0, 0.05) is 55.1 Å². The fourth-order valence-electron chi connectivity index (χ4n) is 5.00. The van der Waals surface area contributed by atoms with Crippen LogP contribution in [-0.2, 0) is 0 Å². The quantitative estimate of drug-likeness (QED) is 0.397. The Hall–Kier alpha value is -3.78. The number of ether oxygens (including phenoxy) is 1. The van der Waals surface area contributed by atoms with Crippen LogP contribution in [0.25, 0.3) is 22.3 Å². The molecule has 8 heteroatoms. The predicted octanol–water partition coefficient (Wildman–Crippen LogP) is 4.56. The van der Waals surface area contributed by atoms with Gasteiger partial charge in [0.25, 0.3) is 0 Å². The lowest BCUT2D eigenvalue weighted by atomic mass is 10.1. The lowest BCUT2D eigenvalue weighted by Gasteiger charge is -2.30. The first-order chi connectivity index (χ1) is 17.7. The number of nitrogens with zero attached hydrogens (tertiary/aromatic N) is 5. The number of hydrogen-bond donors (Lipinski definition) is 2. The van der Waals surface area contributed by atoms with Crippen molar-refractivity contribution in [2.45, 2.75) is 31.7 Å². The summed E-state index contributed by atoms with van der Waals surface area (Å²) in [6.45, 7) is 5.87. The highest BCUT2D eigenvalue weighted by Gasteiger charge is 2.29. The molecule has 1 saturated carbocycles. The summed E-state index contributed by atoms with van der Waals surface area (Å²) in [6, 6.07) is 12.0. The number of anilines is 2. The molecule has 184 valence electrons. The Bertz CT molecular complexity index is 1380. The summed E-state index contributed by atoms with van der Waals surface area (Å²) in [4.78, 5) is 21.6. The van der Waals surface area contributed by atoms with Crippen molar-refractivity contribution >= 4 is 22.5 Å². The maximum Gasteiger partial charge on any atom is 0.162 e. The first-order valence-corrected chi connectivity index (χ1v) is 12.7. The Morgan fingerprint density at radius 3 is 2.72 bits per heavy atom. The van der Waals surface area contributed by atoms with Gasteiger partial charge in [-0.15, -0.1) is 0 Å². The summed E-state index contributed by atoms with van der Waals surface area (Å²) < 4.78 is 5.54. The van der Waals surface area contributed by atoms with Crippen molar-refractivity contribution in [3.63, 3.8) is 0 Å². The molecule has 1 aliphatic carbocycles. The highest BCUT2D eigenvalue weighted by molar-refractivity contribution is 5.94. The second-order valence-electron chi connectivity index (χ2n) is 9.54. The predicted molar refractivity (Wildman–Crippen MR) is 143 cm³/mol. The fraction of sp³-hybridized carbons (Fsp3) is 0.357. The number of pyridine rings is 2. The third kappa shape index (κ3) is 4.44. The van der Waals surface area contributed by atoms with E-state index in [2.05, 4.69) is 38.5 Å². The largest absolute Gasteiger partial charge is 0.496 e. The van der Waals surface area contributed by atoms with Crippen LogP contribution in [0.5, 0.6) is 5.75 Å². The zero-order valence-electron chi connectivity index (χ0n) is 20.7. The molecule has 36 heavy (non-hydrogen) atoms. The van der Waals surface area contributed by atoms with Crippen LogP contribution < -0.4 is 20.3 Å². The van der Waals surface area contributed by atoms with E-state index in [4.69, 9.17) is 14.7 Å². The van der Waals surface area contributed by atoms with Gasteiger partial charge in [-0.05, 0) is 49.4 Å². The van der Waals surface area contributed by atoms with Crippen molar-refractivity contribution < 1.29 is 4.74 Å². The number of aromatic nitrogens is 4. The average Bonchev–Trinajstić information content (AvgIpc) is 3.78. The van der Waals surface area contributed by atoms with Crippen LogP contribution in [0.2, 0.25) is 0 Å². The molecule has 1 saturated heterocycles. The molecule has 1 atom stereocenters. The molecule has 2 N–H and O–H groups in total. The van der Waals surface area contributed by atoms with Crippen molar-refractivity contribution in [3.05, 3.63) is 66.1 Å². The smallest absolute Gasteiger partial charge is 0.162 e. The van der Waals surface area contributed by atoms with Crippen LogP contribution in [0.4, 0.5) is 11.6 Å². The zero-order valence-corrected chi connectivity index (χ0v) is 20.7. The van der Waals surface area contributed by atoms with E-state index in [1.807, 2.05) is 48.9 Å².